The van der Waals surface area contributed by atoms with Crippen LogP contribution in [0.2, 0.25) is 0 Å². The second-order valence-corrected chi connectivity index (χ2v) is 3.20. The fraction of sp³-hybridized carbons (Fsp3) is 0.500. The first kappa shape index (κ1) is 11.3. The third-order valence-electron chi connectivity index (χ3n) is 1.77. The Hall–Kier alpha value is -1.76. The zero-order valence-corrected chi connectivity index (χ0v) is 8.74. The summed E-state index contributed by atoms with van der Waals surface area (Å²) in [6.45, 7) is 0.249. The lowest BCUT2D eigenvalue weighted by Gasteiger charge is -2.13. The number of rotatable bonds is 4. The molecule has 0 saturated heterocycles. The molecule has 1 heterocycles. The number of hydrogen-bond acceptors (Lipinski definition) is 6. The molecule has 5 N–H and O–H groups in total. The average Bonchev–Trinajstić information content (AvgIpc) is 2.19. The molecule has 0 amide bonds. The van der Waals surface area contributed by atoms with Gasteiger partial charge in [-0.25, -0.2) is 0 Å². The predicted molar refractivity (Wildman–Crippen MR) is 59.2 cm³/mol. The molecule has 1 aromatic rings. The van der Waals surface area contributed by atoms with Gasteiger partial charge in [-0.1, -0.05) is 0 Å². The van der Waals surface area contributed by atoms with E-state index in [4.69, 9.17) is 10.8 Å². The van der Waals surface area contributed by atoms with E-state index in [0.717, 1.165) is 0 Å². The lowest BCUT2D eigenvalue weighted by molar-refractivity contribution is 0.311. The molecule has 0 bridgehead atoms. The smallest absolute Gasteiger partial charge is 0.277 e. The Labute approximate surface area is 86.9 Å². The zero-order valence-electron chi connectivity index (χ0n) is 8.74. The topological polar surface area (TPSA) is 107 Å². The number of nitrogens with two attached hydrogens (primary N) is 1. The third kappa shape index (κ3) is 2.59. The predicted octanol–water partition coefficient (Wildman–Crippen LogP) is -1.18. The van der Waals surface area contributed by atoms with Crippen LogP contribution in [0.25, 0.3) is 0 Å². The van der Waals surface area contributed by atoms with E-state index >= 15 is 0 Å². The van der Waals surface area contributed by atoms with Crippen molar-refractivity contribution in [3.8, 4) is 0 Å². The summed E-state index contributed by atoms with van der Waals surface area (Å²) in [6.07, 6.45) is 0. The van der Waals surface area contributed by atoms with Crippen LogP contribution < -0.4 is 21.5 Å². The normalized spacial score (nSPS) is 10.1. The van der Waals surface area contributed by atoms with Crippen molar-refractivity contribution in [2.45, 2.75) is 0 Å². The van der Waals surface area contributed by atoms with Crippen LogP contribution in [0.1, 0.15) is 0 Å². The van der Waals surface area contributed by atoms with E-state index in [1.54, 1.807) is 19.0 Å². The molecule has 0 aromatic carbocycles. The van der Waals surface area contributed by atoms with Crippen molar-refractivity contribution in [2.75, 3.05) is 43.2 Å². The Kier molecular flexibility index (Phi) is 3.51. The molecule has 0 radical (unpaired) electrons. The number of aromatic amines is 1. The van der Waals surface area contributed by atoms with E-state index in [2.05, 4.69) is 15.3 Å². The van der Waals surface area contributed by atoms with E-state index in [1.165, 1.54) is 0 Å². The highest BCUT2D eigenvalue weighted by Gasteiger charge is 2.08. The minimum atomic E-state index is -0.394. The summed E-state index contributed by atoms with van der Waals surface area (Å²) in [5.74, 6) is 0.700. The van der Waals surface area contributed by atoms with Gasteiger partial charge in [-0.3, -0.25) is 9.78 Å². The quantitative estimate of drug-likeness (QED) is 0.501. The van der Waals surface area contributed by atoms with E-state index in [-0.39, 0.29) is 18.1 Å². The molecule has 7 heteroatoms. The summed E-state index contributed by atoms with van der Waals surface area (Å²) in [5.41, 5.74) is 5.15. The van der Waals surface area contributed by atoms with Gasteiger partial charge in [-0.2, -0.15) is 4.98 Å². The van der Waals surface area contributed by atoms with Gasteiger partial charge in [0.2, 0.25) is 5.95 Å². The van der Waals surface area contributed by atoms with Crippen LogP contribution in [0.4, 0.5) is 17.5 Å². The zero-order chi connectivity index (χ0) is 11.4. The molecular weight excluding hydrogens is 198 g/mol. The number of hydrogen-bond donors (Lipinski definition) is 4. The second-order valence-electron chi connectivity index (χ2n) is 3.20. The van der Waals surface area contributed by atoms with Crippen molar-refractivity contribution < 1.29 is 5.11 Å². The standard InChI is InChI=1S/C8H15N5O2/c1-13(2)8-11-6(10-3-4-14)5(9)7(15)12-8/h14H,3-4,9H2,1-2H3,(H2,10,11,12,15). The summed E-state index contributed by atoms with van der Waals surface area (Å²) in [5, 5.41) is 11.4. The minimum Gasteiger partial charge on any atom is -0.395 e. The molecule has 0 atom stereocenters. The van der Waals surface area contributed by atoms with Crippen molar-refractivity contribution in [1.29, 1.82) is 0 Å². The maximum Gasteiger partial charge on any atom is 0.277 e. The van der Waals surface area contributed by atoms with Crippen molar-refractivity contribution in [3.05, 3.63) is 10.4 Å². The Morgan fingerprint density at radius 2 is 2.27 bits per heavy atom. The Bertz CT molecular complexity index is 387. The molecule has 0 saturated carbocycles. The average molecular weight is 213 g/mol. The summed E-state index contributed by atoms with van der Waals surface area (Å²) in [7, 11) is 3.51. The van der Waals surface area contributed by atoms with Gasteiger partial charge in [-0.15, -0.1) is 0 Å². The first-order chi connectivity index (χ1) is 7.06. The third-order valence-corrected chi connectivity index (χ3v) is 1.77. The summed E-state index contributed by atoms with van der Waals surface area (Å²) in [6, 6.07) is 0. The molecule has 0 aliphatic carbocycles. The van der Waals surface area contributed by atoms with Crippen LogP contribution in [0.5, 0.6) is 0 Å². The van der Waals surface area contributed by atoms with Crippen molar-refractivity contribution in [2.24, 2.45) is 0 Å². The number of nitrogen functional groups attached to an aromatic ring is 1. The van der Waals surface area contributed by atoms with Gasteiger partial charge in [0, 0.05) is 20.6 Å². The Balaban J connectivity index is 3.08. The maximum absolute atomic E-state index is 11.4. The molecule has 15 heavy (non-hydrogen) atoms. The van der Waals surface area contributed by atoms with Crippen LogP contribution in [0.3, 0.4) is 0 Å². The van der Waals surface area contributed by atoms with Crippen LogP contribution in [0.15, 0.2) is 4.79 Å². The molecule has 0 aliphatic heterocycles. The molecule has 84 valence electrons. The van der Waals surface area contributed by atoms with Crippen molar-refractivity contribution in [1.82, 2.24) is 9.97 Å². The first-order valence-corrected chi connectivity index (χ1v) is 4.48. The fourth-order valence-corrected chi connectivity index (χ4v) is 0.991. The van der Waals surface area contributed by atoms with Gasteiger partial charge in [0.25, 0.3) is 5.56 Å². The van der Waals surface area contributed by atoms with Crippen LogP contribution >= 0.6 is 0 Å². The molecule has 0 aliphatic rings. The van der Waals surface area contributed by atoms with Gasteiger partial charge < -0.3 is 21.1 Å². The molecule has 0 fully saturated rings. The molecule has 0 unspecified atom stereocenters. The van der Waals surface area contributed by atoms with Gasteiger partial charge in [0.15, 0.2) is 5.82 Å². The number of aliphatic hydroxyl groups excluding tert-OH is 1. The molecule has 7 nitrogen and oxygen atoms in total. The highest BCUT2D eigenvalue weighted by molar-refractivity contribution is 5.61. The van der Waals surface area contributed by atoms with E-state index in [0.29, 0.717) is 12.5 Å². The Morgan fingerprint density at radius 1 is 1.60 bits per heavy atom. The molecule has 1 aromatic heterocycles. The van der Waals surface area contributed by atoms with E-state index in [9.17, 15) is 4.79 Å². The molecule has 0 spiro atoms. The van der Waals surface area contributed by atoms with Gasteiger partial charge in [0.05, 0.1) is 6.61 Å². The van der Waals surface area contributed by atoms with Crippen LogP contribution in [0, 0.1) is 0 Å². The number of nitrogens with zero attached hydrogens (tertiary/aromatic N) is 2. The van der Waals surface area contributed by atoms with Gasteiger partial charge in [0.1, 0.15) is 5.69 Å². The Morgan fingerprint density at radius 3 is 2.80 bits per heavy atom. The number of anilines is 3. The molecular formula is C8H15N5O2. The van der Waals surface area contributed by atoms with Crippen molar-refractivity contribution in [3.63, 3.8) is 0 Å². The summed E-state index contributed by atoms with van der Waals surface area (Å²) < 4.78 is 0. The largest absolute Gasteiger partial charge is 0.395 e. The van der Waals surface area contributed by atoms with Crippen LogP contribution in [-0.4, -0.2) is 42.3 Å². The minimum absolute atomic E-state index is 0.0223. The monoisotopic (exact) mass is 213 g/mol. The summed E-state index contributed by atoms with van der Waals surface area (Å²) >= 11 is 0. The van der Waals surface area contributed by atoms with Gasteiger partial charge >= 0.3 is 0 Å². The highest BCUT2D eigenvalue weighted by atomic mass is 16.3. The van der Waals surface area contributed by atoms with E-state index < -0.39 is 5.56 Å². The number of aliphatic hydroxyl groups is 1. The van der Waals surface area contributed by atoms with Crippen LogP contribution in [-0.2, 0) is 0 Å². The lowest BCUT2D eigenvalue weighted by atomic mass is 10.4. The molecule has 1 rings (SSSR count). The summed E-state index contributed by atoms with van der Waals surface area (Å²) in [4.78, 5) is 19.7. The number of H-pyrrole nitrogens is 1. The second kappa shape index (κ2) is 4.65. The van der Waals surface area contributed by atoms with Gasteiger partial charge in [-0.05, 0) is 0 Å². The number of aromatic nitrogens is 2. The fourth-order valence-electron chi connectivity index (χ4n) is 0.991. The van der Waals surface area contributed by atoms with E-state index in [1.807, 2.05) is 0 Å². The first-order valence-electron chi connectivity index (χ1n) is 4.48. The lowest BCUT2D eigenvalue weighted by Crippen LogP contribution is -2.23. The SMILES string of the molecule is CN(C)c1nc(NCCO)c(N)c(=O)[nH]1. The number of nitrogens with one attached hydrogen (secondary N) is 2. The van der Waals surface area contributed by atoms with Crippen molar-refractivity contribution >= 4 is 17.5 Å². The highest BCUT2D eigenvalue weighted by Crippen LogP contribution is 2.12. The maximum atomic E-state index is 11.4.